The number of nitrogens with two attached hydrogens (primary N) is 1. The fourth-order valence-corrected chi connectivity index (χ4v) is 3.71. The Bertz CT molecular complexity index is 844. The summed E-state index contributed by atoms with van der Waals surface area (Å²) in [4.78, 5) is 31.4. The number of carbonyl (C=O) groups is 2. The number of hydrogen-bond donors (Lipinski definition) is 2. The van der Waals surface area contributed by atoms with Gasteiger partial charge in [0, 0.05) is 37.7 Å². The molecule has 2 heterocycles. The standard InChI is InChI=1S/C21H30ClN5O4/c1-13(2)31-21(29)27-6-4-26(5-7-27)11-15-8-16(22)9-18(14(15)3)25-20(23)30-12-17-10-19(28)24-17/h8-9,13,17H,4-7,10-12H2,1-3H3,(H2,23,25)(H,24,28). The molecule has 3 N–H and O–H groups in total. The Kier molecular flexibility index (Phi) is 7.61. The first-order valence-corrected chi connectivity index (χ1v) is 10.8. The number of carbonyl (C=O) groups excluding carboxylic acids is 2. The van der Waals surface area contributed by atoms with Crippen LogP contribution in [-0.4, -0.2) is 72.8 Å². The zero-order valence-electron chi connectivity index (χ0n) is 18.2. The molecule has 3 rings (SSSR count). The molecule has 0 bridgehead atoms. The highest BCUT2D eigenvalue weighted by molar-refractivity contribution is 6.31. The van der Waals surface area contributed by atoms with Crippen molar-refractivity contribution in [1.82, 2.24) is 15.1 Å². The Hall–Kier alpha value is -2.52. The van der Waals surface area contributed by atoms with Crippen LogP contribution in [0.1, 0.15) is 31.4 Å². The van der Waals surface area contributed by atoms with Gasteiger partial charge in [-0.25, -0.2) is 4.79 Å². The van der Waals surface area contributed by atoms with Crippen LogP contribution in [0.25, 0.3) is 0 Å². The van der Waals surface area contributed by atoms with Crippen molar-refractivity contribution in [3.8, 4) is 0 Å². The molecule has 31 heavy (non-hydrogen) atoms. The van der Waals surface area contributed by atoms with Crippen LogP contribution < -0.4 is 11.1 Å². The lowest BCUT2D eigenvalue weighted by molar-refractivity contribution is -0.128. The Labute approximate surface area is 187 Å². The van der Waals surface area contributed by atoms with E-state index >= 15 is 0 Å². The van der Waals surface area contributed by atoms with Gasteiger partial charge in [0.05, 0.1) is 24.3 Å². The number of nitrogens with one attached hydrogen (secondary N) is 1. The van der Waals surface area contributed by atoms with Crippen molar-refractivity contribution in [2.75, 3.05) is 32.8 Å². The van der Waals surface area contributed by atoms with Crippen LogP contribution in [0.2, 0.25) is 5.02 Å². The summed E-state index contributed by atoms with van der Waals surface area (Å²) in [6, 6.07) is 3.70. The van der Waals surface area contributed by atoms with Gasteiger partial charge in [-0.1, -0.05) is 11.6 Å². The number of aliphatic imine (C=N–C) groups is 1. The van der Waals surface area contributed by atoms with E-state index in [9.17, 15) is 9.59 Å². The molecule has 1 unspecified atom stereocenters. The molecule has 2 aliphatic rings. The number of hydrogen-bond acceptors (Lipinski definition) is 6. The summed E-state index contributed by atoms with van der Waals surface area (Å²) in [6.45, 7) is 9.38. The molecule has 2 aliphatic heterocycles. The van der Waals surface area contributed by atoms with Crippen molar-refractivity contribution < 1.29 is 19.1 Å². The normalized spacial score (nSPS) is 19.8. The lowest BCUT2D eigenvalue weighted by Gasteiger charge is -2.34. The van der Waals surface area contributed by atoms with Gasteiger partial charge in [0.1, 0.15) is 6.61 Å². The quantitative estimate of drug-likeness (QED) is 0.389. The van der Waals surface area contributed by atoms with Gasteiger partial charge in [0.15, 0.2) is 0 Å². The number of amides is 2. The van der Waals surface area contributed by atoms with E-state index in [0.717, 1.165) is 24.2 Å². The minimum Gasteiger partial charge on any atom is -0.463 e. The van der Waals surface area contributed by atoms with Crippen LogP contribution in [0.15, 0.2) is 17.1 Å². The van der Waals surface area contributed by atoms with Crippen molar-refractivity contribution >= 4 is 35.3 Å². The monoisotopic (exact) mass is 451 g/mol. The summed E-state index contributed by atoms with van der Waals surface area (Å²) in [5.41, 5.74) is 8.57. The molecule has 10 heteroatoms. The number of piperazine rings is 1. The Morgan fingerprint density at radius 3 is 2.61 bits per heavy atom. The van der Waals surface area contributed by atoms with E-state index in [4.69, 9.17) is 26.8 Å². The zero-order chi connectivity index (χ0) is 22.5. The second-order valence-electron chi connectivity index (χ2n) is 8.13. The van der Waals surface area contributed by atoms with E-state index in [2.05, 4.69) is 15.2 Å². The van der Waals surface area contributed by atoms with Crippen LogP contribution in [-0.2, 0) is 20.8 Å². The number of β-lactam (4-membered cyclic amide) rings is 1. The summed E-state index contributed by atoms with van der Waals surface area (Å²) in [5.74, 6) is 0.0112. The third-order valence-electron chi connectivity index (χ3n) is 5.27. The summed E-state index contributed by atoms with van der Waals surface area (Å²) < 4.78 is 10.7. The average molecular weight is 452 g/mol. The zero-order valence-corrected chi connectivity index (χ0v) is 18.9. The number of rotatable bonds is 6. The second-order valence-corrected chi connectivity index (χ2v) is 8.57. The Balaban J connectivity index is 1.58. The third kappa shape index (κ3) is 6.48. The van der Waals surface area contributed by atoms with Crippen molar-refractivity contribution in [3.63, 3.8) is 0 Å². The number of benzene rings is 1. The van der Waals surface area contributed by atoms with Crippen LogP contribution in [0.4, 0.5) is 10.5 Å². The van der Waals surface area contributed by atoms with Crippen molar-refractivity contribution in [2.24, 2.45) is 10.7 Å². The van der Waals surface area contributed by atoms with Gasteiger partial charge in [-0.3, -0.25) is 9.69 Å². The minimum absolute atomic E-state index is 0.0112. The van der Waals surface area contributed by atoms with E-state index in [1.807, 2.05) is 26.8 Å². The van der Waals surface area contributed by atoms with E-state index in [-0.39, 0.29) is 36.8 Å². The van der Waals surface area contributed by atoms with Crippen LogP contribution in [0.5, 0.6) is 0 Å². The summed E-state index contributed by atoms with van der Waals surface area (Å²) in [6.07, 6.45) is 0.0560. The number of halogens is 1. The topological polar surface area (TPSA) is 109 Å². The number of amidine groups is 1. The van der Waals surface area contributed by atoms with Gasteiger partial charge in [0.25, 0.3) is 6.02 Å². The summed E-state index contributed by atoms with van der Waals surface area (Å²) in [7, 11) is 0. The van der Waals surface area contributed by atoms with E-state index in [1.54, 1.807) is 11.0 Å². The van der Waals surface area contributed by atoms with Gasteiger partial charge in [0.2, 0.25) is 5.91 Å². The molecule has 0 aliphatic carbocycles. The highest BCUT2D eigenvalue weighted by Gasteiger charge is 2.26. The third-order valence-corrected chi connectivity index (χ3v) is 5.49. The second kappa shape index (κ2) is 10.2. The van der Waals surface area contributed by atoms with Crippen molar-refractivity contribution in [2.45, 2.75) is 45.9 Å². The van der Waals surface area contributed by atoms with Gasteiger partial charge < -0.3 is 25.4 Å². The highest BCUT2D eigenvalue weighted by atomic mass is 35.5. The first-order chi connectivity index (χ1) is 14.7. The number of ether oxygens (including phenoxy) is 2. The first kappa shape index (κ1) is 23.1. The van der Waals surface area contributed by atoms with Crippen molar-refractivity contribution in [3.05, 3.63) is 28.3 Å². The molecule has 1 atom stereocenters. The fourth-order valence-electron chi connectivity index (χ4n) is 3.47. The van der Waals surface area contributed by atoms with E-state index in [1.165, 1.54) is 0 Å². The largest absolute Gasteiger partial charge is 0.463 e. The molecule has 1 aromatic carbocycles. The molecule has 0 aromatic heterocycles. The number of nitrogens with zero attached hydrogens (tertiary/aromatic N) is 3. The molecular weight excluding hydrogens is 422 g/mol. The molecule has 1 aromatic rings. The predicted molar refractivity (Wildman–Crippen MR) is 118 cm³/mol. The molecule has 2 fully saturated rings. The maximum Gasteiger partial charge on any atom is 0.410 e. The smallest absolute Gasteiger partial charge is 0.410 e. The highest BCUT2D eigenvalue weighted by Crippen LogP contribution is 2.28. The van der Waals surface area contributed by atoms with E-state index < -0.39 is 0 Å². The maximum atomic E-state index is 12.1. The molecule has 0 saturated carbocycles. The molecule has 170 valence electrons. The first-order valence-electron chi connectivity index (χ1n) is 10.4. The van der Waals surface area contributed by atoms with Crippen LogP contribution >= 0.6 is 11.6 Å². The maximum absolute atomic E-state index is 12.1. The molecule has 0 spiro atoms. The molecule has 2 saturated heterocycles. The summed E-state index contributed by atoms with van der Waals surface area (Å²) in [5, 5.41) is 3.29. The van der Waals surface area contributed by atoms with Crippen LogP contribution in [0.3, 0.4) is 0 Å². The molecular formula is C21H30ClN5O4. The van der Waals surface area contributed by atoms with Gasteiger partial charge in [-0.15, -0.1) is 0 Å². The molecule has 2 amide bonds. The molecule has 0 radical (unpaired) electrons. The Morgan fingerprint density at radius 2 is 2.00 bits per heavy atom. The summed E-state index contributed by atoms with van der Waals surface area (Å²) >= 11 is 6.33. The minimum atomic E-state index is -0.262. The average Bonchev–Trinajstić information content (AvgIpc) is 2.68. The van der Waals surface area contributed by atoms with Crippen LogP contribution in [0, 0.1) is 6.92 Å². The Morgan fingerprint density at radius 1 is 1.32 bits per heavy atom. The SMILES string of the molecule is Cc1c(CN2CCN(C(=O)OC(C)C)CC2)cc(Cl)cc1N=C(N)OCC1CC(=O)N1. The lowest BCUT2D eigenvalue weighted by atomic mass is 10.1. The lowest BCUT2D eigenvalue weighted by Crippen LogP contribution is -2.51. The van der Waals surface area contributed by atoms with Gasteiger partial charge >= 0.3 is 6.09 Å². The van der Waals surface area contributed by atoms with Crippen molar-refractivity contribution in [1.29, 1.82) is 0 Å². The van der Waals surface area contributed by atoms with Gasteiger partial charge in [-0.05, 0) is 44.0 Å². The van der Waals surface area contributed by atoms with Gasteiger partial charge in [-0.2, -0.15) is 4.99 Å². The molecule has 9 nitrogen and oxygen atoms in total. The fraction of sp³-hybridized carbons (Fsp3) is 0.571. The van der Waals surface area contributed by atoms with E-state index in [0.29, 0.717) is 36.8 Å². The predicted octanol–water partition coefficient (Wildman–Crippen LogP) is 2.16.